The highest BCUT2D eigenvalue weighted by atomic mass is 79.9. The lowest BCUT2D eigenvalue weighted by molar-refractivity contribution is 0.123. The summed E-state index contributed by atoms with van der Waals surface area (Å²) in [5.41, 5.74) is 0. The topological polar surface area (TPSA) is 75.6 Å². The molecule has 1 fully saturated rings. The van der Waals surface area contributed by atoms with Gasteiger partial charge < -0.3 is 9.64 Å². The van der Waals surface area contributed by atoms with Crippen molar-refractivity contribution in [2.45, 2.75) is 23.2 Å². The van der Waals surface area contributed by atoms with Crippen molar-refractivity contribution < 1.29 is 13.2 Å². The number of ether oxygens (including phenoxy) is 1. The predicted molar refractivity (Wildman–Crippen MR) is 101 cm³/mol. The fourth-order valence-electron chi connectivity index (χ4n) is 2.57. The predicted octanol–water partition coefficient (Wildman–Crippen LogP) is 2.60. The number of aromatic nitrogens is 2. The summed E-state index contributed by atoms with van der Waals surface area (Å²) >= 11 is 4.53. The van der Waals surface area contributed by atoms with Crippen molar-refractivity contribution in [3.8, 4) is 5.88 Å². The van der Waals surface area contributed by atoms with Crippen LogP contribution in [-0.2, 0) is 10.0 Å². The molecule has 2 aromatic heterocycles. The second-order valence-electron chi connectivity index (χ2n) is 5.93. The Morgan fingerprint density at radius 2 is 2.08 bits per heavy atom. The molecule has 0 amide bonds. The average Bonchev–Trinajstić information content (AvgIpc) is 3.03. The van der Waals surface area contributed by atoms with Crippen molar-refractivity contribution in [1.29, 1.82) is 0 Å². The van der Waals surface area contributed by atoms with E-state index >= 15 is 0 Å². The van der Waals surface area contributed by atoms with Gasteiger partial charge in [-0.2, -0.15) is 4.31 Å². The Labute approximate surface area is 159 Å². The quantitative estimate of drug-likeness (QED) is 0.702. The van der Waals surface area contributed by atoms with Crippen molar-refractivity contribution in [3.63, 3.8) is 0 Å². The molecule has 136 valence electrons. The van der Waals surface area contributed by atoms with Crippen LogP contribution in [-0.4, -0.2) is 56.2 Å². The van der Waals surface area contributed by atoms with E-state index in [1.54, 1.807) is 18.2 Å². The Morgan fingerprint density at radius 3 is 2.68 bits per heavy atom. The highest BCUT2D eigenvalue weighted by Gasteiger charge is 2.32. The molecule has 0 spiro atoms. The molecule has 2 aromatic rings. The van der Waals surface area contributed by atoms with Gasteiger partial charge in [0.05, 0.1) is 10.3 Å². The molecule has 1 atom stereocenters. The molecule has 1 aliphatic heterocycles. The largest absolute Gasteiger partial charge is 0.472 e. The number of hydrogen-bond acceptors (Lipinski definition) is 7. The first-order valence-electron chi connectivity index (χ1n) is 7.79. The maximum absolute atomic E-state index is 12.7. The van der Waals surface area contributed by atoms with Gasteiger partial charge in [0.15, 0.2) is 5.82 Å². The molecule has 7 nitrogen and oxygen atoms in total. The summed E-state index contributed by atoms with van der Waals surface area (Å²) in [5, 5.41) is 8.13. The Kier molecular flexibility index (Phi) is 5.62. The molecule has 10 heteroatoms. The summed E-state index contributed by atoms with van der Waals surface area (Å²) in [6, 6.07) is 6.95. The van der Waals surface area contributed by atoms with Crippen molar-refractivity contribution in [2.75, 3.05) is 32.1 Å². The normalized spacial score (nSPS) is 18.9. The summed E-state index contributed by atoms with van der Waals surface area (Å²) in [7, 11) is 0.287. The number of rotatable bonds is 5. The molecule has 3 rings (SSSR count). The second kappa shape index (κ2) is 7.56. The Morgan fingerprint density at radius 1 is 1.28 bits per heavy atom. The molecule has 1 saturated heterocycles. The lowest BCUT2D eigenvalue weighted by Gasteiger charge is -2.31. The van der Waals surface area contributed by atoms with E-state index in [2.05, 4.69) is 26.1 Å². The van der Waals surface area contributed by atoms with E-state index in [9.17, 15) is 8.42 Å². The monoisotopic (exact) mass is 446 g/mol. The van der Waals surface area contributed by atoms with Crippen LogP contribution in [0.3, 0.4) is 0 Å². The van der Waals surface area contributed by atoms with Gasteiger partial charge in [-0.15, -0.1) is 21.5 Å². The van der Waals surface area contributed by atoms with Crippen LogP contribution in [0, 0.1) is 0 Å². The molecule has 0 aromatic carbocycles. The first kappa shape index (κ1) is 18.6. The smallest absolute Gasteiger partial charge is 0.252 e. The molecule has 3 heterocycles. The lowest BCUT2D eigenvalue weighted by Crippen LogP contribution is -2.44. The molecule has 0 aliphatic carbocycles. The molecular weight excluding hydrogens is 428 g/mol. The van der Waals surface area contributed by atoms with Crippen molar-refractivity contribution >= 4 is 43.1 Å². The minimum absolute atomic E-state index is 0.230. The van der Waals surface area contributed by atoms with Gasteiger partial charge in [0.1, 0.15) is 10.3 Å². The van der Waals surface area contributed by atoms with Gasteiger partial charge in [0.2, 0.25) is 5.88 Å². The third-order valence-electron chi connectivity index (χ3n) is 3.86. The fourth-order valence-corrected chi connectivity index (χ4v) is 6.24. The van der Waals surface area contributed by atoms with E-state index in [1.807, 2.05) is 25.1 Å². The highest BCUT2D eigenvalue weighted by molar-refractivity contribution is 9.11. The van der Waals surface area contributed by atoms with Gasteiger partial charge in [0, 0.05) is 26.7 Å². The van der Waals surface area contributed by atoms with Gasteiger partial charge in [-0.3, -0.25) is 0 Å². The molecule has 0 saturated carbocycles. The van der Waals surface area contributed by atoms with Crippen LogP contribution < -0.4 is 9.64 Å². The zero-order valence-electron chi connectivity index (χ0n) is 13.9. The van der Waals surface area contributed by atoms with Crippen LogP contribution >= 0.6 is 27.3 Å². The highest BCUT2D eigenvalue weighted by Crippen LogP contribution is 2.30. The minimum Gasteiger partial charge on any atom is -0.472 e. The van der Waals surface area contributed by atoms with Crippen LogP contribution in [0.4, 0.5) is 5.82 Å². The van der Waals surface area contributed by atoms with E-state index in [1.165, 1.54) is 15.6 Å². The van der Waals surface area contributed by atoms with Crippen LogP contribution in [0.1, 0.15) is 12.8 Å². The number of anilines is 1. The van der Waals surface area contributed by atoms with E-state index in [0.717, 1.165) is 22.4 Å². The first-order chi connectivity index (χ1) is 11.9. The molecule has 0 radical (unpaired) electrons. The summed E-state index contributed by atoms with van der Waals surface area (Å²) in [4.78, 5) is 1.85. The minimum atomic E-state index is -3.49. The fraction of sp³-hybridized carbons (Fsp3) is 0.467. The van der Waals surface area contributed by atoms with Crippen LogP contribution in [0.2, 0.25) is 0 Å². The maximum atomic E-state index is 12.7. The van der Waals surface area contributed by atoms with Gasteiger partial charge in [-0.25, -0.2) is 8.42 Å². The van der Waals surface area contributed by atoms with Crippen molar-refractivity contribution in [3.05, 3.63) is 28.1 Å². The second-order valence-corrected chi connectivity index (χ2v) is 10.6. The van der Waals surface area contributed by atoms with E-state index < -0.39 is 10.0 Å². The zero-order chi connectivity index (χ0) is 18.0. The molecular formula is C15H19BrN4O3S2. The maximum Gasteiger partial charge on any atom is 0.252 e. The zero-order valence-corrected chi connectivity index (χ0v) is 17.1. The number of hydrogen-bond donors (Lipinski definition) is 0. The molecule has 0 N–H and O–H groups in total. The SMILES string of the molecule is CN(C)c1ccc(OC2CCCN(S(=O)(=O)c3ccc(Br)s3)C2)nn1. The van der Waals surface area contributed by atoms with E-state index in [-0.39, 0.29) is 6.10 Å². The molecule has 1 unspecified atom stereocenters. The molecule has 25 heavy (non-hydrogen) atoms. The summed E-state index contributed by atoms with van der Waals surface area (Å²) in [6.45, 7) is 0.817. The third kappa shape index (κ3) is 4.30. The number of nitrogens with zero attached hydrogens (tertiary/aromatic N) is 4. The number of halogens is 1. The van der Waals surface area contributed by atoms with Crippen molar-refractivity contribution in [2.24, 2.45) is 0 Å². The van der Waals surface area contributed by atoms with Crippen LogP contribution in [0.25, 0.3) is 0 Å². The van der Waals surface area contributed by atoms with E-state index in [4.69, 9.17) is 4.74 Å². The van der Waals surface area contributed by atoms with Gasteiger partial charge in [0.25, 0.3) is 10.0 Å². The number of thiophene rings is 1. The summed E-state index contributed by atoms with van der Waals surface area (Å²) in [6.07, 6.45) is 1.31. The summed E-state index contributed by atoms with van der Waals surface area (Å²) < 4.78 is 34.0. The average molecular weight is 447 g/mol. The van der Waals surface area contributed by atoms with E-state index in [0.29, 0.717) is 23.2 Å². The Balaban J connectivity index is 1.68. The van der Waals surface area contributed by atoms with Gasteiger partial charge in [-0.1, -0.05) is 0 Å². The third-order valence-corrected chi connectivity index (χ3v) is 7.81. The van der Waals surface area contributed by atoms with Gasteiger partial charge in [-0.05, 0) is 47.0 Å². The Hall–Kier alpha value is -1.23. The number of piperidine rings is 1. The van der Waals surface area contributed by atoms with Gasteiger partial charge >= 0.3 is 0 Å². The molecule has 0 bridgehead atoms. The van der Waals surface area contributed by atoms with Crippen LogP contribution in [0.15, 0.2) is 32.3 Å². The lowest BCUT2D eigenvalue weighted by atomic mass is 10.1. The Bertz CT molecular complexity index is 824. The first-order valence-corrected chi connectivity index (χ1v) is 10.8. The van der Waals surface area contributed by atoms with Crippen LogP contribution in [0.5, 0.6) is 5.88 Å². The summed E-state index contributed by atoms with van der Waals surface area (Å²) in [5.74, 6) is 1.15. The standard InChI is InChI=1S/C15H19BrN4O3S2/c1-19(2)13-6-7-14(18-17-13)23-11-4-3-9-20(10-11)25(21,22)15-8-5-12(16)24-15/h5-8,11H,3-4,9-10H2,1-2H3. The molecule has 1 aliphatic rings. The number of sulfonamides is 1. The van der Waals surface area contributed by atoms with Crippen molar-refractivity contribution in [1.82, 2.24) is 14.5 Å².